The molecule has 0 aliphatic carbocycles. The molecule has 0 N–H and O–H groups in total. The van der Waals surface area contributed by atoms with Gasteiger partial charge in [-0.25, -0.2) is 0 Å². The average Bonchev–Trinajstić information content (AvgIpc) is 2.14. The Morgan fingerprint density at radius 1 is 1.31 bits per heavy atom. The fourth-order valence-electron chi connectivity index (χ4n) is 0.776. The normalized spacial score (nSPS) is 10.5. The molecule has 0 aliphatic heterocycles. The molecule has 0 aliphatic rings. The van der Waals surface area contributed by atoms with Crippen LogP contribution in [0.2, 0.25) is 0 Å². The largest absolute Gasteiger partial charge is 0.464 e. The molecule has 0 heterocycles. The Bertz CT molecular complexity index is 139. The Morgan fingerprint density at radius 2 is 1.92 bits per heavy atom. The molecule has 0 amide bonds. The Hall–Kier alpha value is -0.610. The zero-order valence-electron chi connectivity index (χ0n) is 8.71. The van der Waals surface area contributed by atoms with E-state index in [9.17, 15) is 4.79 Å². The molecule has 0 spiro atoms. The van der Waals surface area contributed by atoms with Crippen molar-refractivity contribution in [2.24, 2.45) is 0 Å². The minimum absolute atomic E-state index is 0.139. The predicted molar refractivity (Wildman–Crippen MR) is 50.6 cm³/mol. The van der Waals surface area contributed by atoms with Gasteiger partial charge in [-0.2, -0.15) is 0 Å². The van der Waals surface area contributed by atoms with Gasteiger partial charge in [-0.1, -0.05) is 6.92 Å². The lowest BCUT2D eigenvalue weighted by Crippen LogP contribution is -2.27. The first kappa shape index (κ1) is 12.4. The van der Waals surface area contributed by atoms with Gasteiger partial charge in [0.05, 0.1) is 6.61 Å². The Kier molecular flexibility index (Phi) is 7.63. The van der Waals surface area contributed by atoms with Crippen molar-refractivity contribution in [1.29, 1.82) is 0 Å². The van der Waals surface area contributed by atoms with Gasteiger partial charge in [0.2, 0.25) is 0 Å². The quantitative estimate of drug-likeness (QED) is 0.547. The summed E-state index contributed by atoms with van der Waals surface area (Å²) in [5.74, 6) is -0.139. The van der Waals surface area contributed by atoms with Gasteiger partial charge >= 0.3 is 5.97 Å². The van der Waals surface area contributed by atoms with Crippen LogP contribution in [0.25, 0.3) is 0 Å². The lowest BCUT2D eigenvalue weighted by Gasteiger charge is -2.15. The average molecular weight is 189 g/mol. The lowest BCUT2D eigenvalue weighted by molar-refractivity contribution is -0.143. The van der Waals surface area contributed by atoms with E-state index in [1.165, 1.54) is 0 Å². The molecular weight excluding hydrogens is 170 g/mol. The molecule has 78 valence electrons. The number of ether oxygens (including phenoxy) is 2. The summed E-state index contributed by atoms with van der Waals surface area (Å²) in [6, 6.07) is 0. The van der Waals surface area contributed by atoms with Crippen LogP contribution < -0.4 is 0 Å². The molecular formula is C9H19NO3. The minimum Gasteiger partial charge on any atom is -0.464 e. The van der Waals surface area contributed by atoms with Crippen molar-refractivity contribution in [3.05, 3.63) is 0 Å². The number of likely N-dealkylation sites (N-methyl/N-ethyl adjacent to an activating group) is 1. The zero-order valence-corrected chi connectivity index (χ0v) is 8.71. The van der Waals surface area contributed by atoms with Crippen LogP contribution in [0.4, 0.5) is 0 Å². The van der Waals surface area contributed by atoms with Crippen molar-refractivity contribution in [2.75, 3.05) is 40.5 Å². The van der Waals surface area contributed by atoms with Crippen LogP contribution in [0.3, 0.4) is 0 Å². The highest BCUT2D eigenvalue weighted by molar-refractivity contribution is 5.68. The second-order valence-electron chi connectivity index (χ2n) is 2.87. The van der Waals surface area contributed by atoms with Crippen molar-refractivity contribution < 1.29 is 14.3 Å². The number of nitrogens with zero attached hydrogens (tertiary/aromatic N) is 1. The predicted octanol–water partition coefficient (Wildman–Crippen LogP) is 0.518. The highest BCUT2D eigenvalue weighted by Crippen LogP contribution is 1.87. The second kappa shape index (κ2) is 8.01. The van der Waals surface area contributed by atoms with Crippen molar-refractivity contribution in [2.45, 2.75) is 13.3 Å². The summed E-state index contributed by atoms with van der Waals surface area (Å²) in [4.78, 5) is 12.8. The fraction of sp³-hybridized carbons (Fsp3) is 0.889. The summed E-state index contributed by atoms with van der Waals surface area (Å²) in [7, 11) is 3.64. The van der Waals surface area contributed by atoms with Crippen molar-refractivity contribution in [3.63, 3.8) is 0 Å². The highest BCUT2D eigenvalue weighted by Gasteiger charge is 2.00. The molecule has 0 saturated carbocycles. The maximum atomic E-state index is 10.7. The Balaban J connectivity index is 3.26. The Labute approximate surface area is 79.8 Å². The van der Waals surface area contributed by atoms with Gasteiger partial charge in [-0.05, 0) is 7.05 Å². The molecule has 0 unspecified atom stereocenters. The van der Waals surface area contributed by atoms with E-state index in [4.69, 9.17) is 9.47 Å². The van der Waals surface area contributed by atoms with Crippen LogP contribution >= 0.6 is 0 Å². The van der Waals surface area contributed by atoms with Crippen molar-refractivity contribution in [1.82, 2.24) is 4.90 Å². The molecule has 0 bridgehead atoms. The number of carbonyl (C=O) groups excluding carboxylic acids is 1. The van der Waals surface area contributed by atoms with Crippen LogP contribution in [0.1, 0.15) is 13.3 Å². The van der Waals surface area contributed by atoms with Crippen molar-refractivity contribution in [3.8, 4) is 0 Å². The van der Waals surface area contributed by atoms with Gasteiger partial charge in [-0.15, -0.1) is 0 Å². The molecule has 0 aromatic rings. The van der Waals surface area contributed by atoms with Gasteiger partial charge in [0, 0.05) is 26.6 Å². The van der Waals surface area contributed by atoms with E-state index in [1.54, 1.807) is 14.0 Å². The van der Waals surface area contributed by atoms with Gasteiger partial charge in [0.1, 0.15) is 6.61 Å². The minimum atomic E-state index is -0.139. The van der Waals surface area contributed by atoms with E-state index < -0.39 is 0 Å². The fourth-order valence-corrected chi connectivity index (χ4v) is 0.776. The van der Waals surface area contributed by atoms with E-state index in [1.807, 2.05) is 7.05 Å². The van der Waals surface area contributed by atoms with Gasteiger partial charge in [-0.3, -0.25) is 4.79 Å². The second-order valence-corrected chi connectivity index (χ2v) is 2.87. The number of carbonyl (C=O) groups is 1. The number of hydrogen-bond acceptors (Lipinski definition) is 4. The van der Waals surface area contributed by atoms with Gasteiger partial charge in [0.25, 0.3) is 0 Å². The van der Waals surface area contributed by atoms with E-state index in [0.29, 0.717) is 19.6 Å². The highest BCUT2D eigenvalue weighted by atomic mass is 16.5. The summed E-state index contributed by atoms with van der Waals surface area (Å²) in [5.41, 5.74) is 0. The van der Waals surface area contributed by atoms with Gasteiger partial charge in [0.15, 0.2) is 0 Å². The lowest BCUT2D eigenvalue weighted by atomic mass is 10.5. The molecule has 0 atom stereocenters. The third kappa shape index (κ3) is 7.74. The summed E-state index contributed by atoms with van der Waals surface area (Å²) in [6.45, 7) is 4.58. The van der Waals surface area contributed by atoms with Crippen LogP contribution in [-0.4, -0.2) is 51.3 Å². The summed E-state index contributed by atoms with van der Waals surface area (Å²) in [6.07, 6.45) is 0.446. The molecule has 0 radical (unpaired) electrons. The molecule has 0 fully saturated rings. The molecule has 0 aromatic carbocycles. The van der Waals surface area contributed by atoms with E-state index in [-0.39, 0.29) is 5.97 Å². The molecule has 0 aromatic heterocycles. The van der Waals surface area contributed by atoms with E-state index >= 15 is 0 Å². The number of methoxy groups -OCH3 is 1. The SMILES string of the molecule is CCC(=O)OCCN(C)CCOC. The molecule has 4 heteroatoms. The maximum Gasteiger partial charge on any atom is 0.305 e. The first-order valence-corrected chi connectivity index (χ1v) is 4.53. The summed E-state index contributed by atoms with van der Waals surface area (Å²) in [5, 5.41) is 0. The monoisotopic (exact) mass is 189 g/mol. The molecule has 4 nitrogen and oxygen atoms in total. The Morgan fingerprint density at radius 3 is 2.46 bits per heavy atom. The number of esters is 1. The first-order valence-electron chi connectivity index (χ1n) is 4.53. The third-order valence-electron chi connectivity index (χ3n) is 1.70. The zero-order chi connectivity index (χ0) is 10.1. The van der Waals surface area contributed by atoms with Crippen LogP contribution in [0, 0.1) is 0 Å². The molecule has 13 heavy (non-hydrogen) atoms. The topological polar surface area (TPSA) is 38.8 Å². The summed E-state index contributed by atoms with van der Waals surface area (Å²) < 4.78 is 9.83. The standard InChI is InChI=1S/C9H19NO3/c1-4-9(11)13-8-6-10(2)5-7-12-3/h4-8H2,1-3H3. The third-order valence-corrected chi connectivity index (χ3v) is 1.70. The van der Waals surface area contributed by atoms with E-state index in [2.05, 4.69) is 4.90 Å². The summed E-state index contributed by atoms with van der Waals surface area (Å²) >= 11 is 0. The smallest absolute Gasteiger partial charge is 0.305 e. The van der Waals surface area contributed by atoms with Crippen molar-refractivity contribution >= 4 is 5.97 Å². The molecule has 0 rings (SSSR count). The number of hydrogen-bond donors (Lipinski definition) is 0. The number of rotatable bonds is 7. The maximum absolute atomic E-state index is 10.7. The van der Waals surface area contributed by atoms with Crippen LogP contribution in [0.5, 0.6) is 0 Å². The van der Waals surface area contributed by atoms with Gasteiger partial charge < -0.3 is 14.4 Å². The first-order chi connectivity index (χ1) is 6.20. The van der Waals surface area contributed by atoms with Crippen LogP contribution in [-0.2, 0) is 14.3 Å². The molecule has 0 saturated heterocycles. The van der Waals surface area contributed by atoms with E-state index in [0.717, 1.165) is 13.1 Å². The van der Waals surface area contributed by atoms with Crippen LogP contribution in [0.15, 0.2) is 0 Å².